The van der Waals surface area contributed by atoms with E-state index in [9.17, 15) is 18.0 Å². The number of nitrogens with one attached hydrogen (secondary N) is 1. The van der Waals surface area contributed by atoms with E-state index in [-0.39, 0.29) is 17.3 Å². The largest absolute Gasteiger partial charge is 0.354 e. The van der Waals surface area contributed by atoms with Crippen molar-refractivity contribution in [3.05, 3.63) is 96.1 Å². The van der Waals surface area contributed by atoms with Crippen LogP contribution < -0.4 is 9.62 Å². The predicted octanol–water partition coefficient (Wildman–Crippen LogP) is 4.43. The molecular formula is C30H37N3O4S. The van der Waals surface area contributed by atoms with E-state index in [4.69, 9.17) is 0 Å². The Balaban J connectivity index is 1.99. The normalized spacial score (nSPS) is 12.0. The van der Waals surface area contributed by atoms with Crippen molar-refractivity contribution in [2.24, 2.45) is 0 Å². The summed E-state index contributed by atoms with van der Waals surface area (Å²) in [5.74, 6) is -0.704. The minimum Gasteiger partial charge on any atom is -0.354 e. The van der Waals surface area contributed by atoms with Crippen LogP contribution in [0.5, 0.6) is 0 Å². The van der Waals surface area contributed by atoms with Crippen molar-refractivity contribution < 1.29 is 18.0 Å². The summed E-state index contributed by atoms with van der Waals surface area (Å²) < 4.78 is 28.9. The Hall–Kier alpha value is -3.65. The van der Waals surface area contributed by atoms with Gasteiger partial charge in [-0.15, -0.1) is 0 Å². The molecule has 202 valence electrons. The molecule has 0 radical (unpaired) electrons. The SMILES string of the molecule is CCCNC(=O)[C@H](C)N(CCc1ccccc1)C(=O)CN(c1ccccc1CC)S(=O)(=O)c1ccccc1. The Kier molecular flexibility index (Phi) is 10.5. The summed E-state index contributed by atoms with van der Waals surface area (Å²) in [5, 5.41) is 2.86. The fourth-order valence-electron chi connectivity index (χ4n) is 4.25. The Morgan fingerprint density at radius 1 is 0.868 bits per heavy atom. The van der Waals surface area contributed by atoms with Crippen molar-refractivity contribution in [2.45, 2.75) is 51.0 Å². The van der Waals surface area contributed by atoms with Crippen LogP contribution in [0.1, 0.15) is 38.3 Å². The van der Waals surface area contributed by atoms with Gasteiger partial charge in [0.25, 0.3) is 10.0 Å². The van der Waals surface area contributed by atoms with Gasteiger partial charge >= 0.3 is 0 Å². The van der Waals surface area contributed by atoms with Gasteiger partial charge in [0.15, 0.2) is 0 Å². The van der Waals surface area contributed by atoms with E-state index in [2.05, 4.69) is 5.32 Å². The van der Waals surface area contributed by atoms with Gasteiger partial charge < -0.3 is 10.2 Å². The number of para-hydroxylation sites is 1. The zero-order valence-electron chi connectivity index (χ0n) is 22.3. The van der Waals surface area contributed by atoms with Gasteiger partial charge in [-0.05, 0) is 55.5 Å². The molecule has 2 amide bonds. The monoisotopic (exact) mass is 535 g/mol. The minimum atomic E-state index is -4.06. The molecule has 0 aliphatic carbocycles. The third kappa shape index (κ3) is 7.22. The lowest BCUT2D eigenvalue weighted by Gasteiger charge is -2.32. The Labute approximate surface area is 226 Å². The second-order valence-electron chi connectivity index (χ2n) is 9.10. The van der Waals surface area contributed by atoms with E-state index in [0.717, 1.165) is 17.5 Å². The lowest BCUT2D eigenvalue weighted by Crippen LogP contribution is -2.52. The maximum Gasteiger partial charge on any atom is 0.264 e. The van der Waals surface area contributed by atoms with Crippen LogP contribution in [0.15, 0.2) is 89.8 Å². The molecule has 0 bridgehead atoms. The molecule has 8 heteroatoms. The van der Waals surface area contributed by atoms with Crippen LogP contribution in [0.3, 0.4) is 0 Å². The van der Waals surface area contributed by atoms with Crippen LogP contribution in [-0.4, -0.2) is 50.8 Å². The molecule has 38 heavy (non-hydrogen) atoms. The number of carbonyl (C=O) groups is 2. The molecule has 0 aliphatic heterocycles. The Bertz CT molecular complexity index is 1300. The number of aryl methyl sites for hydroxylation is 1. The maximum absolute atomic E-state index is 13.9. The standard InChI is InChI=1S/C30H37N3O4S/c1-4-21-31-30(35)24(3)32(22-20-25-14-8-6-9-15-25)29(34)23-33(28-19-13-12-16-26(28)5-2)38(36,37)27-17-10-7-11-18-27/h6-19,24H,4-5,20-23H2,1-3H3,(H,31,35)/t24-/m0/s1. The fourth-order valence-corrected chi connectivity index (χ4v) is 5.73. The number of benzene rings is 3. The van der Waals surface area contributed by atoms with Crippen LogP contribution in [0, 0.1) is 0 Å². The van der Waals surface area contributed by atoms with Gasteiger partial charge in [0.2, 0.25) is 11.8 Å². The summed E-state index contributed by atoms with van der Waals surface area (Å²) in [5.41, 5.74) is 2.29. The summed E-state index contributed by atoms with van der Waals surface area (Å²) in [6, 6.07) is 24.2. The third-order valence-electron chi connectivity index (χ3n) is 6.45. The molecule has 1 N–H and O–H groups in total. The number of carbonyl (C=O) groups excluding carboxylic acids is 2. The minimum absolute atomic E-state index is 0.100. The summed E-state index contributed by atoms with van der Waals surface area (Å²) in [7, 11) is -4.06. The number of hydrogen-bond acceptors (Lipinski definition) is 4. The Morgan fingerprint density at radius 2 is 1.47 bits per heavy atom. The second-order valence-corrected chi connectivity index (χ2v) is 11.0. The number of amides is 2. The first-order valence-corrected chi connectivity index (χ1v) is 14.5. The molecule has 0 saturated carbocycles. The molecule has 0 unspecified atom stereocenters. The number of sulfonamides is 1. The van der Waals surface area contributed by atoms with Crippen molar-refractivity contribution in [3.8, 4) is 0 Å². The lowest BCUT2D eigenvalue weighted by molar-refractivity contribution is -0.138. The third-order valence-corrected chi connectivity index (χ3v) is 8.23. The highest BCUT2D eigenvalue weighted by Crippen LogP contribution is 2.28. The molecule has 1 atom stereocenters. The van der Waals surface area contributed by atoms with E-state index in [1.54, 1.807) is 37.3 Å². The van der Waals surface area contributed by atoms with Crippen molar-refractivity contribution >= 4 is 27.5 Å². The van der Waals surface area contributed by atoms with Crippen LogP contribution in [0.4, 0.5) is 5.69 Å². The topological polar surface area (TPSA) is 86.8 Å². The Morgan fingerprint density at radius 3 is 2.11 bits per heavy atom. The molecule has 0 spiro atoms. The summed E-state index contributed by atoms with van der Waals surface area (Å²) >= 11 is 0. The first-order valence-electron chi connectivity index (χ1n) is 13.1. The van der Waals surface area contributed by atoms with E-state index in [1.165, 1.54) is 21.3 Å². The van der Waals surface area contributed by atoms with Gasteiger partial charge in [-0.3, -0.25) is 13.9 Å². The van der Waals surface area contributed by atoms with Crippen molar-refractivity contribution in [3.63, 3.8) is 0 Å². The quantitative estimate of drug-likeness (QED) is 0.351. The van der Waals surface area contributed by atoms with Gasteiger partial charge in [-0.1, -0.05) is 80.6 Å². The van der Waals surface area contributed by atoms with Crippen molar-refractivity contribution in [1.29, 1.82) is 0 Å². The van der Waals surface area contributed by atoms with Crippen molar-refractivity contribution in [2.75, 3.05) is 23.9 Å². The van der Waals surface area contributed by atoms with E-state index in [0.29, 0.717) is 25.1 Å². The van der Waals surface area contributed by atoms with Crippen LogP contribution >= 0.6 is 0 Å². The highest BCUT2D eigenvalue weighted by atomic mass is 32.2. The van der Waals surface area contributed by atoms with Gasteiger partial charge in [0.1, 0.15) is 12.6 Å². The van der Waals surface area contributed by atoms with Crippen LogP contribution in [0.2, 0.25) is 0 Å². The molecule has 0 saturated heterocycles. The smallest absolute Gasteiger partial charge is 0.264 e. The van der Waals surface area contributed by atoms with Crippen molar-refractivity contribution in [1.82, 2.24) is 10.2 Å². The lowest BCUT2D eigenvalue weighted by atomic mass is 10.1. The number of nitrogens with zero attached hydrogens (tertiary/aromatic N) is 2. The van der Waals surface area contributed by atoms with Gasteiger partial charge in [-0.2, -0.15) is 0 Å². The number of rotatable bonds is 13. The molecule has 0 aliphatic rings. The maximum atomic E-state index is 13.9. The van der Waals surface area contributed by atoms with E-state index < -0.39 is 28.5 Å². The van der Waals surface area contributed by atoms with Crippen LogP contribution in [-0.2, 0) is 32.5 Å². The fraction of sp³-hybridized carbons (Fsp3) is 0.333. The summed E-state index contributed by atoms with van der Waals surface area (Å²) in [6.07, 6.45) is 1.90. The first kappa shape index (κ1) is 28.9. The van der Waals surface area contributed by atoms with Gasteiger partial charge in [0, 0.05) is 13.1 Å². The first-order chi connectivity index (χ1) is 18.3. The average molecular weight is 536 g/mol. The summed E-state index contributed by atoms with van der Waals surface area (Å²) in [6.45, 7) is 5.94. The number of anilines is 1. The molecule has 0 heterocycles. The molecule has 7 nitrogen and oxygen atoms in total. The van der Waals surface area contributed by atoms with Gasteiger partial charge in [0.05, 0.1) is 10.6 Å². The van der Waals surface area contributed by atoms with E-state index >= 15 is 0 Å². The molecule has 0 fully saturated rings. The molecule has 3 rings (SSSR count). The molecular weight excluding hydrogens is 498 g/mol. The number of hydrogen-bond donors (Lipinski definition) is 1. The zero-order valence-corrected chi connectivity index (χ0v) is 23.2. The van der Waals surface area contributed by atoms with Gasteiger partial charge in [-0.25, -0.2) is 8.42 Å². The molecule has 3 aromatic carbocycles. The highest BCUT2D eigenvalue weighted by Gasteiger charge is 2.32. The zero-order chi connectivity index (χ0) is 27.5. The average Bonchev–Trinajstić information content (AvgIpc) is 2.95. The summed E-state index contributed by atoms with van der Waals surface area (Å²) in [4.78, 5) is 28.4. The molecule has 3 aromatic rings. The van der Waals surface area contributed by atoms with E-state index in [1.807, 2.05) is 56.3 Å². The van der Waals surface area contributed by atoms with Crippen LogP contribution in [0.25, 0.3) is 0 Å². The second kappa shape index (κ2) is 13.8. The predicted molar refractivity (Wildman–Crippen MR) is 151 cm³/mol. The highest BCUT2D eigenvalue weighted by molar-refractivity contribution is 7.92. The molecule has 0 aromatic heterocycles.